The number of nitrogen functional groups attached to an aromatic ring is 1. The van der Waals surface area contributed by atoms with Gasteiger partial charge in [0.2, 0.25) is 10.0 Å². The minimum atomic E-state index is -3.69. The number of hydrogen-bond acceptors (Lipinski definition) is 4. The van der Waals surface area contributed by atoms with E-state index in [0.29, 0.717) is 19.6 Å². The highest BCUT2D eigenvalue weighted by molar-refractivity contribution is 7.89. The normalized spacial score (nSPS) is 17.0. The number of methoxy groups -OCH3 is 1. The van der Waals surface area contributed by atoms with Gasteiger partial charge in [0.1, 0.15) is 5.82 Å². The van der Waals surface area contributed by atoms with E-state index in [9.17, 15) is 12.8 Å². The maximum Gasteiger partial charge on any atom is 0.243 e. The van der Waals surface area contributed by atoms with Crippen LogP contribution in [-0.2, 0) is 14.8 Å². The first-order chi connectivity index (χ1) is 9.45. The lowest BCUT2D eigenvalue weighted by atomic mass is 10.1. The maximum absolute atomic E-state index is 13.4. The number of rotatable bonds is 4. The Morgan fingerprint density at radius 2 is 2.20 bits per heavy atom. The van der Waals surface area contributed by atoms with Crippen LogP contribution in [-0.4, -0.2) is 39.5 Å². The van der Waals surface area contributed by atoms with Crippen molar-refractivity contribution in [1.82, 2.24) is 4.31 Å². The quantitative estimate of drug-likeness (QED) is 0.673. The fraction of sp³-hybridized carbons (Fsp3) is 0.385. The predicted octanol–water partition coefficient (Wildman–Crippen LogP) is 1.38. The molecule has 7 heteroatoms. The summed E-state index contributed by atoms with van der Waals surface area (Å²) in [6.07, 6.45) is 2.45. The van der Waals surface area contributed by atoms with Crippen LogP contribution in [0.5, 0.6) is 0 Å². The standard InChI is InChI=1S/C13H17FN2O3S/c1-19-9-10-4-6-16(7-5-10)20(17,18)11-2-3-13(15)12(14)8-11/h2-4,8H,5-7,9,15H2,1H3. The van der Waals surface area contributed by atoms with Crippen LogP contribution in [0.15, 0.2) is 34.7 Å². The predicted molar refractivity (Wildman–Crippen MR) is 74.1 cm³/mol. The third-order valence-electron chi connectivity index (χ3n) is 3.21. The summed E-state index contributed by atoms with van der Waals surface area (Å²) >= 11 is 0. The molecule has 1 heterocycles. The van der Waals surface area contributed by atoms with Crippen LogP contribution in [0.25, 0.3) is 0 Å². The van der Waals surface area contributed by atoms with Crippen LogP contribution < -0.4 is 5.73 Å². The summed E-state index contributed by atoms with van der Waals surface area (Å²) in [5.41, 5.74) is 6.36. The van der Waals surface area contributed by atoms with Gasteiger partial charge in [0.15, 0.2) is 0 Å². The monoisotopic (exact) mass is 300 g/mol. The van der Waals surface area contributed by atoms with Crippen molar-refractivity contribution in [2.24, 2.45) is 0 Å². The van der Waals surface area contributed by atoms with Crippen LogP contribution >= 0.6 is 0 Å². The Kier molecular flexibility index (Phi) is 4.42. The smallest absolute Gasteiger partial charge is 0.243 e. The average Bonchev–Trinajstić information content (AvgIpc) is 2.43. The Hall–Kier alpha value is -1.44. The van der Waals surface area contributed by atoms with Gasteiger partial charge >= 0.3 is 0 Å². The van der Waals surface area contributed by atoms with Gasteiger partial charge in [-0.2, -0.15) is 4.31 Å². The van der Waals surface area contributed by atoms with Crippen molar-refractivity contribution in [2.75, 3.05) is 32.5 Å². The molecule has 0 bridgehead atoms. The van der Waals surface area contributed by atoms with Crippen LogP contribution in [0.3, 0.4) is 0 Å². The van der Waals surface area contributed by atoms with Crippen molar-refractivity contribution in [1.29, 1.82) is 0 Å². The summed E-state index contributed by atoms with van der Waals surface area (Å²) in [4.78, 5) is -0.0761. The Morgan fingerprint density at radius 1 is 1.45 bits per heavy atom. The molecule has 2 N–H and O–H groups in total. The third kappa shape index (κ3) is 3.00. The summed E-state index contributed by atoms with van der Waals surface area (Å²) in [6, 6.07) is 3.54. The van der Waals surface area contributed by atoms with Crippen molar-refractivity contribution in [2.45, 2.75) is 11.3 Å². The minimum Gasteiger partial charge on any atom is -0.396 e. The number of ether oxygens (including phenoxy) is 1. The molecule has 0 atom stereocenters. The van der Waals surface area contributed by atoms with E-state index in [1.165, 1.54) is 16.4 Å². The Labute approximate surface area is 117 Å². The number of anilines is 1. The topological polar surface area (TPSA) is 72.6 Å². The van der Waals surface area contributed by atoms with Crippen LogP contribution in [0.4, 0.5) is 10.1 Å². The summed E-state index contributed by atoms with van der Waals surface area (Å²) in [7, 11) is -2.09. The molecule has 1 aliphatic heterocycles. The lowest BCUT2D eigenvalue weighted by molar-refractivity contribution is 0.219. The van der Waals surface area contributed by atoms with E-state index in [2.05, 4.69) is 0 Å². The van der Waals surface area contributed by atoms with Gasteiger partial charge in [-0.1, -0.05) is 6.08 Å². The van der Waals surface area contributed by atoms with Gasteiger partial charge in [-0.15, -0.1) is 0 Å². The van der Waals surface area contributed by atoms with E-state index in [1.54, 1.807) is 7.11 Å². The highest BCUT2D eigenvalue weighted by atomic mass is 32.2. The number of benzene rings is 1. The fourth-order valence-corrected chi connectivity index (χ4v) is 3.44. The van der Waals surface area contributed by atoms with Crippen LogP contribution in [0.2, 0.25) is 0 Å². The van der Waals surface area contributed by atoms with Gasteiger partial charge in [-0.25, -0.2) is 12.8 Å². The SMILES string of the molecule is COCC1=CCN(S(=O)(=O)c2ccc(N)c(F)c2)CC1. The molecular weight excluding hydrogens is 283 g/mol. The lowest BCUT2D eigenvalue weighted by Gasteiger charge is -2.25. The lowest BCUT2D eigenvalue weighted by Crippen LogP contribution is -2.35. The molecule has 0 saturated heterocycles. The number of nitrogens with zero attached hydrogens (tertiary/aromatic N) is 1. The zero-order chi connectivity index (χ0) is 14.8. The molecule has 0 aromatic heterocycles. The molecule has 1 aromatic rings. The molecule has 1 aliphatic rings. The molecule has 110 valence electrons. The van der Waals surface area contributed by atoms with Crippen molar-refractivity contribution in [3.05, 3.63) is 35.7 Å². The Morgan fingerprint density at radius 3 is 2.75 bits per heavy atom. The Balaban J connectivity index is 2.21. The van der Waals surface area contributed by atoms with Crippen molar-refractivity contribution < 1.29 is 17.5 Å². The second kappa shape index (κ2) is 5.90. The maximum atomic E-state index is 13.4. The van der Waals surface area contributed by atoms with Crippen LogP contribution in [0.1, 0.15) is 6.42 Å². The van der Waals surface area contributed by atoms with Crippen molar-refractivity contribution >= 4 is 15.7 Å². The molecule has 0 unspecified atom stereocenters. The molecule has 0 aliphatic carbocycles. The molecule has 0 saturated carbocycles. The first-order valence-electron chi connectivity index (χ1n) is 6.17. The third-order valence-corrected chi connectivity index (χ3v) is 5.07. The van der Waals surface area contributed by atoms with Crippen molar-refractivity contribution in [3.63, 3.8) is 0 Å². The first-order valence-corrected chi connectivity index (χ1v) is 7.61. The zero-order valence-corrected chi connectivity index (χ0v) is 12.0. The largest absolute Gasteiger partial charge is 0.396 e. The molecule has 20 heavy (non-hydrogen) atoms. The molecule has 0 radical (unpaired) electrons. The van der Waals surface area contributed by atoms with Gasteiger partial charge in [0, 0.05) is 20.2 Å². The van der Waals surface area contributed by atoms with Gasteiger partial charge < -0.3 is 10.5 Å². The van der Waals surface area contributed by atoms with E-state index in [1.807, 2.05) is 6.08 Å². The number of nitrogens with two attached hydrogens (primary N) is 1. The second-order valence-electron chi connectivity index (χ2n) is 4.59. The van der Waals surface area contributed by atoms with E-state index in [0.717, 1.165) is 11.6 Å². The Bertz CT molecular complexity index is 629. The summed E-state index contributed by atoms with van der Waals surface area (Å²) in [6.45, 7) is 1.14. The highest BCUT2D eigenvalue weighted by Gasteiger charge is 2.26. The summed E-state index contributed by atoms with van der Waals surface area (Å²) < 4.78 is 44.5. The first kappa shape index (κ1) is 15.0. The minimum absolute atomic E-state index is 0.0649. The van der Waals surface area contributed by atoms with E-state index >= 15 is 0 Å². The van der Waals surface area contributed by atoms with Gasteiger partial charge in [0.25, 0.3) is 0 Å². The van der Waals surface area contributed by atoms with Crippen molar-refractivity contribution in [3.8, 4) is 0 Å². The second-order valence-corrected chi connectivity index (χ2v) is 6.53. The van der Waals surface area contributed by atoms with Crippen LogP contribution in [0, 0.1) is 5.82 Å². The van der Waals surface area contributed by atoms with E-state index in [4.69, 9.17) is 10.5 Å². The number of sulfonamides is 1. The molecule has 1 aromatic carbocycles. The molecule has 5 nitrogen and oxygen atoms in total. The summed E-state index contributed by atoms with van der Waals surface area (Å²) in [5.74, 6) is -0.723. The number of halogens is 1. The van der Waals surface area contributed by atoms with Gasteiger partial charge in [0.05, 0.1) is 17.2 Å². The van der Waals surface area contributed by atoms with E-state index in [-0.39, 0.29) is 17.1 Å². The van der Waals surface area contributed by atoms with E-state index < -0.39 is 15.8 Å². The molecular formula is C13H17FN2O3S. The molecule has 0 fully saturated rings. The number of hydrogen-bond donors (Lipinski definition) is 1. The molecule has 2 rings (SSSR count). The summed E-state index contributed by atoms with van der Waals surface area (Å²) in [5, 5.41) is 0. The molecule has 0 amide bonds. The van der Waals surface area contributed by atoms with Gasteiger partial charge in [-0.05, 0) is 30.2 Å². The average molecular weight is 300 g/mol. The fourth-order valence-electron chi connectivity index (χ4n) is 2.04. The highest BCUT2D eigenvalue weighted by Crippen LogP contribution is 2.23. The molecule has 0 spiro atoms. The zero-order valence-electron chi connectivity index (χ0n) is 11.2. The van der Waals surface area contributed by atoms with Gasteiger partial charge in [-0.3, -0.25) is 0 Å².